The number of benzene rings is 2. The maximum Gasteiger partial charge on any atom is 0.267 e. The molecule has 0 fully saturated rings. The summed E-state index contributed by atoms with van der Waals surface area (Å²) in [6, 6.07) is 7.80. The number of sulfonamides is 1. The summed E-state index contributed by atoms with van der Waals surface area (Å²) in [7, 11) is 0.339. The quantitative estimate of drug-likeness (QED) is 0.484. The van der Waals surface area contributed by atoms with Crippen LogP contribution in [0.1, 0.15) is 28.3 Å². The number of amides is 1. The van der Waals surface area contributed by atoms with Crippen LogP contribution in [0.15, 0.2) is 35.2 Å². The lowest BCUT2D eigenvalue weighted by molar-refractivity contribution is 0.0945. The van der Waals surface area contributed by atoms with Gasteiger partial charge in [-0.05, 0) is 42.9 Å². The summed E-state index contributed by atoms with van der Waals surface area (Å²) >= 11 is 11.0. The predicted octanol–water partition coefficient (Wildman–Crippen LogP) is 2.44. The van der Waals surface area contributed by atoms with Crippen molar-refractivity contribution in [1.29, 1.82) is 0 Å². The number of fused-ring (bicyclic) bond motifs is 1. The first-order chi connectivity index (χ1) is 15.7. The molecule has 0 bridgehead atoms. The van der Waals surface area contributed by atoms with Crippen LogP contribution in [0.2, 0.25) is 5.02 Å². The average Bonchev–Trinajstić information content (AvgIpc) is 2.81. The van der Waals surface area contributed by atoms with E-state index in [4.69, 9.17) is 38.0 Å². The van der Waals surface area contributed by atoms with Gasteiger partial charge in [0.1, 0.15) is 22.1 Å². The highest BCUT2D eigenvalue weighted by atomic mass is 35.5. The monoisotopic (exact) mass is 513 g/mol. The molecule has 2 aromatic carbocycles. The molecule has 178 valence electrons. The molecule has 1 heterocycles. The third kappa shape index (κ3) is 5.60. The summed E-state index contributed by atoms with van der Waals surface area (Å²) in [5, 5.41) is 5.81. The number of nitrogens with one attached hydrogen (secondary N) is 3. The van der Waals surface area contributed by atoms with Gasteiger partial charge in [-0.15, -0.1) is 0 Å². The van der Waals surface area contributed by atoms with Gasteiger partial charge in [0.05, 0.1) is 26.4 Å². The summed E-state index contributed by atoms with van der Waals surface area (Å²) in [5.41, 5.74) is 0.941. The smallest absolute Gasteiger partial charge is 0.267 e. The van der Waals surface area contributed by atoms with E-state index in [0.717, 1.165) is 0 Å². The molecule has 2 aromatic rings. The minimum absolute atomic E-state index is 0.0506. The van der Waals surface area contributed by atoms with E-state index >= 15 is 0 Å². The van der Waals surface area contributed by atoms with Crippen molar-refractivity contribution in [3.05, 3.63) is 46.5 Å². The van der Waals surface area contributed by atoms with Crippen molar-refractivity contribution >= 4 is 44.9 Å². The zero-order chi connectivity index (χ0) is 24.2. The van der Waals surface area contributed by atoms with E-state index in [0.29, 0.717) is 40.7 Å². The molecule has 33 heavy (non-hydrogen) atoms. The SMILES string of the molecule is CNC(=S)NS(=O)(=O)c1cc2c(cc1OC)OCC[C@H]2CNC(=O)c1cc(Cl)ccc1OC. The van der Waals surface area contributed by atoms with Gasteiger partial charge in [0.25, 0.3) is 15.9 Å². The molecule has 1 atom stereocenters. The molecule has 0 saturated carbocycles. The number of hydrogen-bond donors (Lipinski definition) is 3. The van der Waals surface area contributed by atoms with Crippen molar-refractivity contribution in [1.82, 2.24) is 15.4 Å². The minimum Gasteiger partial charge on any atom is -0.496 e. The number of methoxy groups -OCH3 is 2. The Morgan fingerprint density at radius 1 is 1.21 bits per heavy atom. The number of halogens is 1. The van der Waals surface area contributed by atoms with Crippen LogP contribution in [0.25, 0.3) is 0 Å². The molecule has 1 aliphatic rings. The first-order valence-electron chi connectivity index (χ1n) is 9.91. The molecule has 0 saturated heterocycles. The van der Waals surface area contributed by atoms with E-state index in [1.165, 1.54) is 39.5 Å². The third-order valence-corrected chi connectivity index (χ3v) is 7.16. The van der Waals surface area contributed by atoms with Crippen molar-refractivity contribution in [3.63, 3.8) is 0 Å². The maximum atomic E-state index is 12.9. The van der Waals surface area contributed by atoms with Gasteiger partial charge in [0.15, 0.2) is 5.11 Å². The minimum atomic E-state index is -4.01. The molecule has 3 rings (SSSR count). The molecule has 0 radical (unpaired) electrons. The van der Waals surface area contributed by atoms with Gasteiger partial charge >= 0.3 is 0 Å². The highest BCUT2D eigenvalue weighted by Crippen LogP contribution is 2.40. The molecule has 12 heteroatoms. The summed E-state index contributed by atoms with van der Waals surface area (Å²) < 4.78 is 44.3. The molecule has 0 spiro atoms. The van der Waals surface area contributed by atoms with Gasteiger partial charge in [-0.2, -0.15) is 0 Å². The van der Waals surface area contributed by atoms with E-state index in [-0.39, 0.29) is 34.1 Å². The summed E-state index contributed by atoms with van der Waals surface area (Å²) in [4.78, 5) is 12.7. The number of carbonyl (C=O) groups excluding carboxylic acids is 1. The fraction of sp³-hybridized carbons (Fsp3) is 0.333. The second-order valence-corrected chi connectivity index (χ2v) is 9.61. The highest BCUT2D eigenvalue weighted by Gasteiger charge is 2.29. The Labute approximate surface area is 202 Å². The van der Waals surface area contributed by atoms with E-state index < -0.39 is 10.0 Å². The van der Waals surface area contributed by atoms with Gasteiger partial charge in [-0.1, -0.05) is 11.6 Å². The molecule has 0 unspecified atom stereocenters. The first-order valence-corrected chi connectivity index (χ1v) is 12.2. The zero-order valence-electron chi connectivity index (χ0n) is 18.2. The number of hydrogen-bond acceptors (Lipinski definition) is 7. The maximum absolute atomic E-state index is 12.9. The molecule has 0 aliphatic carbocycles. The summed E-state index contributed by atoms with van der Waals surface area (Å²) in [5.74, 6) is 0.457. The van der Waals surface area contributed by atoms with E-state index in [9.17, 15) is 13.2 Å². The lowest BCUT2D eigenvalue weighted by Crippen LogP contribution is -2.37. The van der Waals surface area contributed by atoms with Crippen LogP contribution in [0.3, 0.4) is 0 Å². The Hall–Kier alpha value is -2.76. The fourth-order valence-electron chi connectivity index (χ4n) is 3.45. The predicted molar refractivity (Wildman–Crippen MR) is 128 cm³/mol. The number of ether oxygens (including phenoxy) is 3. The van der Waals surface area contributed by atoms with Gasteiger partial charge in [-0.25, -0.2) is 8.42 Å². The Morgan fingerprint density at radius 2 is 1.94 bits per heavy atom. The summed E-state index contributed by atoms with van der Waals surface area (Å²) in [6.45, 7) is 0.657. The Bertz CT molecular complexity index is 1170. The van der Waals surface area contributed by atoms with Crippen molar-refractivity contribution in [3.8, 4) is 17.2 Å². The lowest BCUT2D eigenvalue weighted by atomic mass is 9.92. The van der Waals surface area contributed by atoms with Crippen molar-refractivity contribution in [2.24, 2.45) is 0 Å². The van der Waals surface area contributed by atoms with E-state index in [1.807, 2.05) is 0 Å². The van der Waals surface area contributed by atoms with Crippen molar-refractivity contribution in [2.45, 2.75) is 17.2 Å². The largest absolute Gasteiger partial charge is 0.496 e. The number of thiocarbonyl (C=S) groups is 1. The molecule has 0 aromatic heterocycles. The molecule has 3 N–H and O–H groups in total. The van der Waals surface area contributed by atoms with Crippen LogP contribution in [-0.2, 0) is 10.0 Å². The van der Waals surface area contributed by atoms with Crippen LogP contribution >= 0.6 is 23.8 Å². The topological polar surface area (TPSA) is 115 Å². The summed E-state index contributed by atoms with van der Waals surface area (Å²) in [6.07, 6.45) is 0.578. The standard InChI is InChI=1S/C21H24ClN3O6S2/c1-23-21(32)25-33(27,28)19-9-14-12(6-7-31-17(14)10-18(19)30-3)11-24-20(26)15-8-13(22)4-5-16(15)29-2/h4-5,8-10,12H,6-7,11H2,1-3H3,(H,24,26)(H2,23,25,32)/t12-/m0/s1. The molecular formula is C21H24ClN3O6S2. The van der Waals surface area contributed by atoms with E-state index in [1.54, 1.807) is 12.1 Å². The first kappa shape index (κ1) is 24.9. The molecule has 1 aliphatic heterocycles. The number of carbonyl (C=O) groups is 1. The fourth-order valence-corrected chi connectivity index (χ4v) is 5.09. The Kier molecular flexibility index (Phi) is 7.88. The molecule has 1 amide bonds. The van der Waals surface area contributed by atoms with Gasteiger partial charge < -0.3 is 24.8 Å². The van der Waals surface area contributed by atoms with Crippen LogP contribution < -0.4 is 29.6 Å². The highest BCUT2D eigenvalue weighted by molar-refractivity contribution is 7.92. The van der Waals surface area contributed by atoms with Crippen LogP contribution in [-0.4, -0.2) is 53.9 Å². The second-order valence-electron chi connectivity index (χ2n) is 7.11. The van der Waals surface area contributed by atoms with Gasteiger partial charge in [-0.3, -0.25) is 9.52 Å². The van der Waals surface area contributed by atoms with Crippen molar-refractivity contribution in [2.75, 3.05) is 34.4 Å². The van der Waals surface area contributed by atoms with Crippen LogP contribution in [0.4, 0.5) is 0 Å². The zero-order valence-corrected chi connectivity index (χ0v) is 20.6. The number of rotatable bonds is 7. The lowest BCUT2D eigenvalue weighted by Gasteiger charge is -2.27. The third-order valence-electron chi connectivity index (χ3n) is 5.12. The Balaban J connectivity index is 1.89. The molecule has 9 nitrogen and oxygen atoms in total. The van der Waals surface area contributed by atoms with Gasteiger partial charge in [0, 0.05) is 36.2 Å². The van der Waals surface area contributed by atoms with Crippen molar-refractivity contribution < 1.29 is 27.4 Å². The average molecular weight is 514 g/mol. The van der Waals surface area contributed by atoms with Crippen LogP contribution in [0, 0.1) is 0 Å². The van der Waals surface area contributed by atoms with E-state index in [2.05, 4.69) is 15.4 Å². The van der Waals surface area contributed by atoms with Crippen LogP contribution in [0.5, 0.6) is 17.2 Å². The second kappa shape index (κ2) is 10.4. The molecular weight excluding hydrogens is 490 g/mol. The Morgan fingerprint density at radius 3 is 2.61 bits per heavy atom. The normalized spacial score (nSPS) is 15.0. The van der Waals surface area contributed by atoms with Gasteiger partial charge in [0.2, 0.25) is 0 Å².